The van der Waals surface area contributed by atoms with Crippen LogP contribution in [0.15, 0.2) is 18.2 Å². The van der Waals surface area contributed by atoms with E-state index in [4.69, 9.17) is 4.74 Å². The molecule has 1 amide bonds. The third-order valence-corrected chi connectivity index (χ3v) is 6.65. The lowest BCUT2D eigenvalue weighted by Gasteiger charge is -2.39. The highest BCUT2D eigenvalue weighted by molar-refractivity contribution is 5.91. The fraction of sp³-hybridized carbons (Fsp3) is 0.652. The van der Waals surface area contributed by atoms with Crippen LogP contribution in [0, 0.1) is 10.8 Å². The molecule has 1 saturated heterocycles. The Balaban J connectivity index is 1.38. The van der Waals surface area contributed by atoms with Crippen molar-refractivity contribution in [3.63, 3.8) is 0 Å². The standard InChI is InChI=1S/C23H31NO3/c1-22(2)11-19-12-23(3,14-22)15-24(19)20(25)13-27-21(26)18-9-8-16-6-4-5-7-17(16)10-18/h8-10,19H,4-7,11-15H2,1-3H3/t19-,23-/m1/s1. The Morgan fingerprint density at radius 3 is 2.63 bits per heavy atom. The summed E-state index contributed by atoms with van der Waals surface area (Å²) in [5.41, 5.74) is 3.63. The summed E-state index contributed by atoms with van der Waals surface area (Å²) in [6.07, 6.45) is 7.77. The number of ether oxygens (including phenoxy) is 1. The molecule has 2 aliphatic carbocycles. The molecule has 4 rings (SSSR count). The van der Waals surface area contributed by atoms with Crippen molar-refractivity contribution in [2.24, 2.45) is 10.8 Å². The zero-order valence-electron chi connectivity index (χ0n) is 16.8. The van der Waals surface area contributed by atoms with Crippen LogP contribution in [0.25, 0.3) is 0 Å². The van der Waals surface area contributed by atoms with Gasteiger partial charge in [0.15, 0.2) is 6.61 Å². The molecule has 1 heterocycles. The van der Waals surface area contributed by atoms with Crippen molar-refractivity contribution in [3.8, 4) is 0 Å². The molecule has 0 aromatic heterocycles. The number of fused-ring (bicyclic) bond motifs is 3. The highest BCUT2D eigenvalue weighted by Gasteiger charge is 2.50. The Morgan fingerprint density at radius 1 is 1.11 bits per heavy atom. The van der Waals surface area contributed by atoms with Crippen LogP contribution < -0.4 is 0 Å². The summed E-state index contributed by atoms with van der Waals surface area (Å²) in [7, 11) is 0. The Bertz CT molecular complexity index is 769. The van der Waals surface area contributed by atoms with Crippen LogP contribution in [0.4, 0.5) is 0 Å². The SMILES string of the molecule is CC1(C)C[C@@H]2C[C@@](C)(CN2C(=O)COC(=O)c2ccc3c(c2)CCCC3)C1. The van der Waals surface area contributed by atoms with Crippen LogP contribution in [0.1, 0.15) is 74.4 Å². The summed E-state index contributed by atoms with van der Waals surface area (Å²) < 4.78 is 5.40. The average Bonchev–Trinajstić information content (AvgIpc) is 2.87. The summed E-state index contributed by atoms with van der Waals surface area (Å²) in [4.78, 5) is 27.2. The van der Waals surface area contributed by atoms with Crippen molar-refractivity contribution in [2.75, 3.05) is 13.2 Å². The van der Waals surface area contributed by atoms with E-state index in [0.29, 0.717) is 5.56 Å². The second-order valence-electron chi connectivity index (χ2n) is 10.0. The van der Waals surface area contributed by atoms with Gasteiger partial charge in [0, 0.05) is 12.6 Å². The number of amides is 1. The van der Waals surface area contributed by atoms with E-state index in [1.807, 2.05) is 23.1 Å². The molecule has 1 aromatic rings. The van der Waals surface area contributed by atoms with E-state index < -0.39 is 0 Å². The van der Waals surface area contributed by atoms with Gasteiger partial charge in [-0.1, -0.05) is 26.8 Å². The van der Waals surface area contributed by atoms with Gasteiger partial charge < -0.3 is 9.64 Å². The second kappa shape index (κ2) is 6.65. The molecule has 27 heavy (non-hydrogen) atoms. The van der Waals surface area contributed by atoms with E-state index in [1.165, 1.54) is 24.0 Å². The second-order valence-corrected chi connectivity index (χ2v) is 10.0. The number of benzene rings is 1. The number of rotatable bonds is 3. The topological polar surface area (TPSA) is 46.6 Å². The monoisotopic (exact) mass is 369 g/mol. The molecule has 2 fully saturated rings. The van der Waals surface area contributed by atoms with Gasteiger partial charge in [-0.2, -0.15) is 0 Å². The zero-order valence-corrected chi connectivity index (χ0v) is 16.8. The van der Waals surface area contributed by atoms with Gasteiger partial charge in [0.25, 0.3) is 5.91 Å². The molecule has 2 bridgehead atoms. The van der Waals surface area contributed by atoms with E-state index in [-0.39, 0.29) is 35.4 Å². The molecule has 0 spiro atoms. The average molecular weight is 370 g/mol. The van der Waals surface area contributed by atoms with Crippen molar-refractivity contribution in [1.82, 2.24) is 4.90 Å². The molecule has 146 valence electrons. The first-order valence-electron chi connectivity index (χ1n) is 10.3. The Labute approximate surface area is 162 Å². The highest BCUT2D eigenvalue weighted by atomic mass is 16.5. The smallest absolute Gasteiger partial charge is 0.338 e. The number of esters is 1. The normalized spacial score (nSPS) is 28.6. The minimum Gasteiger partial charge on any atom is -0.452 e. The van der Waals surface area contributed by atoms with Gasteiger partial charge in [-0.25, -0.2) is 4.79 Å². The molecule has 0 radical (unpaired) electrons. The summed E-state index contributed by atoms with van der Waals surface area (Å²) in [5.74, 6) is -0.432. The van der Waals surface area contributed by atoms with Gasteiger partial charge >= 0.3 is 5.97 Å². The minimum atomic E-state index is -0.384. The first-order valence-corrected chi connectivity index (χ1v) is 10.3. The van der Waals surface area contributed by atoms with Crippen molar-refractivity contribution in [1.29, 1.82) is 0 Å². The summed E-state index contributed by atoms with van der Waals surface area (Å²) in [5, 5.41) is 0. The van der Waals surface area contributed by atoms with Crippen LogP contribution in [0.2, 0.25) is 0 Å². The molecule has 0 unspecified atom stereocenters. The first kappa shape index (κ1) is 18.5. The van der Waals surface area contributed by atoms with Gasteiger partial charge in [-0.15, -0.1) is 0 Å². The van der Waals surface area contributed by atoms with Gasteiger partial charge in [0.05, 0.1) is 5.56 Å². The first-order chi connectivity index (χ1) is 12.7. The Kier molecular flexibility index (Phi) is 4.56. The third-order valence-electron chi connectivity index (χ3n) is 6.65. The number of likely N-dealkylation sites (tertiary alicyclic amines) is 1. The van der Waals surface area contributed by atoms with Crippen molar-refractivity contribution < 1.29 is 14.3 Å². The van der Waals surface area contributed by atoms with Crippen molar-refractivity contribution >= 4 is 11.9 Å². The van der Waals surface area contributed by atoms with E-state index >= 15 is 0 Å². The maximum atomic E-state index is 12.8. The number of carbonyl (C=O) groups is 2. The molecule has 1 aromatic carbocycles. The lowest BCUT2D eigenvalue weighted by Crippen LogP contribution is -2.39. The number of hydrogen-bond donors (Lipinski definition) is 0. The van der Waals surface area contributed by atoms with E-state index in [2.05, 4.69) is 20.8 Å². The molecular weight excluding hydrogens is 338 g/mol. The van der Waals surface area contributed by atoms with Crippen LogP contribution in [-0.2, 0) is 22.4 Å². The van der Waals surface area contributed by atoms with Gasteiger partial charge in [0.2, 0.25) is 0 Å². The highest BCUT2D eigenvalue weighted by Crippen LogP contribution is 2.52. The quantitative estimate of drug-likeness (QED) is 0.752. The summed E-state index contributed by atoms with van der Waals surface area (Å²) >= 11 is 0. The Morgan fingerprint density at radius 2 is 1.85 bits per heavy atom. The van der Waals surface area contributed by atoms with E-state index in [9.17, 15) is 9.59 Å². The Hall–Kier alpha value is -1.84. The molecule has 3 aliphatic rings. The van der Waals surface area contributed by atoms with Gasteiger partial charge in [-0.3, -0.25) is 4.79 Å². The number of nitrogens with zero attached hydrogens (tertiary/aromatic N) is 1. The van der Waals surface area contributed by atoms with Crippen LogP contribution in [0.5, 0.6) is 0 Å². The van der Waals surface area contributed by atoms with Crippen LogP contribution in [-0.4, -0.2) is 36.0 Å². The predicted octanol–water partition coefficient (Wildman–Crippen LogP) is 4.15. The van der Waals surface area contributed by atoms with Crippen LogP contribution in [0.3, 0.4) is 0 Å². The third kappa shape index (κ3) is 3.76. The van der Waals surface area contributed by atoms with Crippen molar-refractivity contribution in [3.05, 3.63) is 34.9 Å². The number of aryl methyl sites for hydroxylation is 2. The molecule has 4 heteroatoms. The largest absolute Gasteiger partial charge is 0.452 e. The van der Waals surface area contributed by atoms with Gasteiger partial charge in [-0.05, 0) is 79.0 Å². The maximum Gasteiger partial charge on any atom is 0.338 e. The lowest BCUT2D eigenvalue weighted by molar-refractivity contribution is -0.135. The molecule has 1 saturated carbocycles. The van der Waals surface area contributed by atoms with E-state index in [0.717, 1.165) is 38.6 Å². The summed E-state index contributed by atoms with van der Waals surface area (Å²) in [6, 6.07) is 6.12. The fourth-order valence-corrected chi connectivity index (χ4v) is 5.91. The lowest BCUT2D eigenvalue weighted by atomic mass is 9.65. The predicted molar refractivity (Wildman–Crippen MR) is 105 cm³/mol. The molecule has 4 nitrogen and oxygen atoms in total. The fourth-order valence-electron chi connectivity index (χ4n) is 5.91. The molecule has 0 N–H and O–H groups in total. The van der Waals surface area contributed by atoms with Crippen molar-refractivity contribution in [2.45, 2.75) is 71.8 Å². The summed E-state index contributed by atoms with van der Waals surface area (Å²) in [6.45, 7) is 7.51. The minimum absolute atomic E-state index is 0.0484. The van der Waals surface area contributed by atoms with Crippen LogP contribution >= 0.6 is 0 Å². The number of carbonyl (C=O) groups excluding carboxylic acids is 2. The maximum absolute atomic E-state index is 12.8. The molecule has 2 atom stereocenters. The van der Waals surface area contributed by atoms with Gasteiger partial charge in [0.1, 0.15) is 0 Å². The van der Waals surface area contributed by atoms with E-state index in [1.54, 1.807) is 0 Å². The molecule has 1 aliphatic heterocycles. The number of hydrogen-bond acceptors (Lipinski definition) is 3. The molecular formula is C23H31NO3. The zero-order chi connectivity index (χ0) is 19.2.